The summed E-state index contributed by atoms with van der Waals surface area (Å²) in [6.45, 7) is 6.61. The monoisotopic (exact) mass is 233 g/mol. The number of hydrogen-bond donors (Lipinski definition) is 1. The van der Waals surface area contributed by atoms with Gasteiger partial charge in [0.25, 0.3) is 0 Å². The average molecular weight is 233 g/mol. The molecule has 3 heteroatoms. The Hall–Kier alpha value is 0.240. The normalized spacial score (nSPS) is 10.2. The molecule has 0 saturated heterocycles. The van der Waals surface area contributed by atoms with E-state index in [2.05, 4.69) is 31.4 Å². The summed E-state index contributed by atoms with van der Waals surface area (Å²) in [5.74, 6) is 0. The van der Waals surface area contributed by atoms with E-state index in [0.717, 1.165) is 17.4 Å². The van der Waals surface area contributed by atoms with Gasteiger partial charge in [0.2, 0.25) is 0 Å². The lowest BCUT2D eigenvalue weighted by Crippen LogP contribution is -2.28. The van der Waals surface area contributed by atoms with Gasteiger partial charge in [0.1, 0.15) is 4.32 Å². The summed E-state index contributed by atoms with van der Waals surface area (Å²) in [5.41, 5.74) is 0. The topological polar surface area (TPSA) is 3.24 Å². The molecule has 0 aliphatic carbocycles. The molecule has 1 nitrogen and oxygen atoms in total. The van der Waals surface area contributed by atoms with Crippen molar-refractivity contribution < 1.29 is 0 Å². The number of nitrogens with zero attached hydrogens (tertiary/aromatic N) is 1. The molecule has 0 aromatic heterocycles. The SMILES string of the molecule is CCCCCN(CCCCC)C(=S)S. The zero-order valence-corrected chi connectivity index (χ0v) is 11.2. The van der Waals surface area contributed by atoms with Gasteiger partial charge in [-0.3, -0.25) is 0 Å². The highest BCUT2D eigenvalue weighted by atomic mass is 32.1. The number of thiol groups is 1. The van der Waals surface area contributed by atoms with Crippen molar-refractivity contribution in [2.45, 2.75) is 52.4 Å². The summed E-state index contributed by atoms with van der Waals surface area (Å²) in [7, 11) is 0. The van der Waals surface area contributed by atoms with Crippen molar-refractivity contribution in [1.29, 1.82) is 0 Å². The van der Waals surface area contributed by atoms with Crippen LogP contribution in [-0.2, 0) is 0 Å². The van der Waals surface area contributed by atoms with Crippen LogP contribution in [0.4, 0.5) is 0 Å². The molecule has 0 aliphatic rings. The largest absolute Gasteiger partial charge is 0.358 e. The van der Waals surface area contributed by atoms with Crippen LogP contribution in [0.1, 0.15) is 52.4 Å². The predicted octanol–water partition coefficient (Wildman–Crippen LogP) is 3.88. The Bertz CT molecular complexity index is 138. The summed E-state index contributed by atoms with van der Waals surface area (Å²) in [6, 6.07) is 0. The zero-order chi connectivity index (χ0) is 10.8. The Balaban J connectivity index is 3.61. The van der Waals surface area contributed by atoms with Gasteiger partial charge in [-0.15, -0.1) is 12.6 Å². The molecule has 0 aliphatic heterocycles. The lowest BCUT2D eigenvalue weighted by Gasteiger charge is -2.22. The fourth-order valence-corrected chi connectivity index (χ4v) is 1.79. The van der Waals surface area contributed by atoms with Crippen LogP contribution in [0.25, 0.3) is 0 Å². The number of unbranched alkanes of at least 4 members (excludes halogenated alkanes) is 4. The van der Waals surface area contributed by atoms with Crippen molar-refractivity contribution in [2.24, 2.45) is 0 Å². The number of hydrogen-bond acceptors (Lipinski definition) is 1. The summed E-state index contributed by atoms with van der Waals surface area (Å²) >= 11 is 9.36. The maximum atomic E-state index is 5.11. The van der Waals surface area contributed by atoms with Crippen LogP contribution in [0.15, 0.2) is 0 Å². The molecule has 0 fully saturated rings. The Kier molecular flexibility index (Phi) is 9.95. The highest BCUT2D eigenvalue weighted by Crippen LogP contribution is 2.05. The second-order valence-electron chi connectivity index (χ2n) is 3.68. The fourth-order valence-electron chi connectivity index (χ4n) is 1.41. The minimum Gasteiger partial charge on any atom is -0.358 e. The third-order valence-electron chi connectivity index (χ3n) is 2.33. The van der Waals surface area contributed by atoms with Crippen molar-refractivity contribution >= 4 is 29.2 Å². The molecule has 0 atom stereocenters. The molecule has 0 heterocycles. The lowest BCUT2D eigenvalue weighted by molar-refractivity contribution is 0.402. The smallest absolute Gasteiger partial charge is 0.133 e. The highest BCUT2D eigenvalue weighted by molar-refractivity contribution is 8.10. The van der Waals surface area contributed by atoms with Gasteiger partial charge in [-0.05, 0) is 12.8 Å². The van der Waals surface area contributed by atoms with E-state index in [1.54, 1.807) is 0 Å². The van der Waals surface area contributed by atoms with Gasteiger partial charge in [0.05, 0.1) is 0 Å². The quantitative estimate of drug-likeness (QED) is 0.385. The van der Waals surface area contributed by atoms with Crippen molar-refractivity contribution in [2.75, 3.05) is 13.1 Å². The molecule has 0 aromatic carbocycles. The minimum atomic E-state index is 0.761. The molecular weight excluding hydrogens is 210 g/mol. The first-order valence-corrected chi connectivity index (χ1v) is 6.55. The molecule has 0 rings (SSSR count). The first kappa shape index (κ1) is 14.2. The maximum absolute atomic E-state index is 5.11. The third kappa shape index (κ3) is 7.63. The summed E-state index contributed by atoms with van der Waals surface area (Å²) < 4.78 is 0.761. The van der Waals surface area contributed by atoms with Crippen LogP contribution in [0.2, 0.25) is 0 Å². The van der Waals surface area contributed by atoms with Gasteiger partial charge >= 0.3 is 0 Å². The Labute approximate surface area is 99.7 Å². The Morgan fingerprint density at radius 2 is 1.43 bits per heavy atom. The highest BCUT2D eigenvalue weighted by Gasteiger charge is 2.04. The fraction of sp³-hybridized carbons (Fsp3) is 0.909. The summed E-state index contributed by atoms with van der Waals surface area (Å²) in [4.78, 5) is 2.23. The molecule has 0 aromatic rings. The van der Waals surface area contributed by atoms with E-state index in [1.807, 2.05) is 0 Å². The van der Waals surface area contributed by atoms with E-state index in [-0.39, 0.29) is 0 Å². The molecule has 0 bridgehead atoms. The maximum Gasteiger partial charge on any atom is 0.133 e. The molecule has 0 saturated carbocycles. The minimum absolute atomic E-state index is 0.761. The zero-order valence-electron chi connectivity index (χ0n) is 9.46. The van der Waals surface area contributed by atoms with Crippen molar-refractivity contribution in [3.8, 4) is 0 Å². The van der Waals surface area contributed by atoms with Crippen LogP contribution in [0.5, 0.6) is 0 Å². The van der Waals surface area contributed by atoms with Crippen molar-refractivity contribution in [3.63, 3.8) is 0 Å². The molecule has 0 spiro atoms. The van der Waals surface area contributed by atoms with E-state index in [0.29, 0.717) is 0 Å². The average Bonchev–Trinajstić information content (AvgIpc) is 2.15. The lowest BCUT2D eigenvalue weighted by atomic mass is 10.2. The number of rotatable bonds is 8. The molecule has 0 radical (unpaired) electrons. The summed E-state index contributed by atoms with van der Waals surface area (Å²) in [6.07, 6.45) is 7.60. The predicted molar refractivity (Wildman–Crippen MR) is 72.2 cm³/mol. The van der Waals surface area contributed by atoms with Crippen LogP contribution < -0.4 is 0 Å². The van der Waals surface area contributed by atoms with Gasteiger partial charge < -0.3 is 4.90 Å². The molecular formula is C11H23NS2. The van der Waals surface area contributed by atoms with E-state index in [4.69, 9.17) is 12.2 Å². The molecule has 0 N–H and O–H groups in total. The Morgan fingerprint density at radius 3 is 1.71 bits per heavy atom. The van der Waals surface area contributed by atoms with E-state index in [9.17, 15) is 0 Å². The van der Waals surface area contributed by atoms with Gasteiger partial charge in [0, 0.05) is 13.1 Å². The Morgan fingerprint density at radius 1 is 1.00 bits per heavy atom. The van der Waals surface area contributed by atoms with Crippen molar-refractivity contribution in [1.82, 2.24) is 4.90 Å². The first-order valence-electron chi connectivity index (χ1n) is 5.70. The van der Waals surface area contributed by atoms with Gasteiger partial charge in [-0.25, -0.2) is 0 Å². The third-order valence-corrected chi connectivity index (χ3v) is 2.87. The standard InChI is InChI=1S/C11H23NS2/c1-3-5-7-9-12(11(13)14)10-8-6-4-2/h3-10H2,1-2H3,(H,13,14). The molecule has 0 unspecified atom stereocenters. The first-order chi connectivity index (χ1) is 6.72. The van der Waals surface area contributed by atoms with Crippen molar-refractivity contribution in [3.05, 3.63) is 0 Å². The second-order valence-corrected chi connectivity index (χ2v) is 4.80. The van der Waals surface area contributed by atoms with Crippen LogP contribution >= 0.6 is 24.8 Å². The van der Waals surface area contributed by atoms with Gasteiger partial charge in [-0.1, -0.05) is 51.7 Å². The van der Waals surface area contributed by atoms with Crippen LogP contribution in [0.3, 0.4) is 0 Å². The van der Waals surface area contributed by atoms with Crippen LogP contribution in [-0.4, -0.2) is 22.3 Å². The second kappa shape index (κ2) is 9.78. The molecule has 14 heavy (non-hydrogen) atoms. The van der Waals surface area contributed by atoms with Gasteiger partial charge in [0.15, 0.2) is 0 Å². The molecule has 84 valence electrons. The number of thiocarbonyl (C=S) groups is 1. The van der Waals surface area contributed by atoms with E-state index < -0.39 is 0 Å². The van der Waals surface area contributed by atoms with E-state index in [1.165, 1.54) is 38.5 Å². The molecule has 0 amide bonds. The van der Waals surface area contributed by atoms with E-state index >= 15 is 0 Å². The van der Waals surface area contributed by atoms with Crippen LogP contribution in [0, 0.1) is 0 Å². The summed E-state index contributed by atoms with van der Waals surface area (Å²) in [5, 5.41) is 0. The van der Waals surface area contributed by atoms with Gasteiger partial charge in [-0.2, -0.15) is 0 Å².